The van der Waals surface area contributed by atoms with Crippen LogP contribution in [0.3, 0.4) is 0 Å². The number of amides is 1. The fourth-order valence-electron chi connectivity index (χ4n) is 2.49. The summed E-state index contributed by atoms with van der Waals surface area (Å²) in [5.74, 6) is -1.03. The SMILES string of the molecule is Cc1ccc(C2=C(n3nn[nH]c3=O)C(=O)NC(C(F)(F)F)C2)cc1. The van der Waals surface area contributed by atoms with Crippen molar-refractivity contribution in [1.29, 1.82) is 0 Å². The lowest BCUT2D eigenvalue weighted by molar-refractivity contribution is -0.159. The van der Waals surface area contributed by atoms with Gasteiger partial charge in [0, 0.05) is 6.42 Å². The largest absolute Gasteiger partial charge is 0.408 e. The molecule has 1 aliphatic heterocycles. The Labute approximate surface area is 133 Å². The first-order valence-corrected chi connectivity index (χ1v) is 6.96. The smallest absolute Gasteiger partial charge is 0.339 e. The van der Waals surface area contributed by atoms with E-state index in [0.717, 1.165) is 5.56 Å². The van der Waals surface area contributed by atoms with Crippen LogP contribution in [-0.2, 0) is 4.79 Å². The van der Waals surface area contributed by atoms with Gasteiger partial charge in [-0.15, -0.1) is 0 Å². The van der Waals surface area contributed by atoms with Crippen molar-refractivity contribution in [2.24, 2.45) is 0 Å². The quantitative estimate of drug-likeness (QED) is 0.857. The molecule has 1 amide bonds. The summed E-state index contributed by atoms with van der Waals surface area (Å²) in [6.07, 6.45) is -5.11. The molecule has 10 heteroatoms. The van der Waals surface area contributed by atoms with E-state index in [4.69, 9.17) is 0 Å². The molecule has 1 aliphatic rings. The number of aromatic amines is 1. The van der Waals surface area contributed by atoms with Crippen LogP contribution in [0.4, 0.5) is 13.2 Å². The predicted octanol–water partition coefficient (Wildman–Crippen LogP) is 1.09. The number of rotatable bonds is 2. The molecule has 2 N–H and O–H groups in total. The van der Waals surface area contributed by atoms with Crippen LogP contribution in [-0.4, -0.2) is 38.3 Å². The number of alkyl halides is 3. The Morgan fingerprint density at radius 2 is 1.88 bits per heavy atom. The molecule has 0 saturated carbocycles. The van der Waals surface area contributed by atoms with E-state index >= 15 is 0 Å². The Morgan fingerprint density at radius 3 is 2.42 bits per heavy atom. The first-order chi connectivity index (χ1) is 11.3. The van der Waals surface area contributed by atoms with E-state index in [0.29, 0.717) is 10.2 Å². The van der Waals surface area contributed by atoms with Crippen molar-refractivity contribution < 1.29 is 18.0 Å². The lowest BCUT2D eigenvalue weighted by atomic mass is 9.92. The number of aryl methyl sites for hydroxylation is 1. The summed E-state index contributed by atoms with van der Waals surface area (Å²) < 4.78 is 39.9. The number of benzene rings is 1. The minimum atomic E-state index is -4.61. The predicted molar refractivity (Wildman–Crippen MR) is 77.5 cm³/mol. The van der Waals surface area contributed by atoms with Gasteiger partial charge in [0.2, 0.25) is 0 Å². The lowest BCUT2D eigenvalue weighted by Crippen LogP contribution is -2.50. The summed E-state index contributed by atoms with van der Waals surface area (Å²) in [6.45, 7) is 1.83. The highest BCUT2D eigenvalue weighted by molar-refractivity contribution is 6.22. The number of tetrazole rings is 1. The van der Waals surface area contributed by atoms with E-state index < -0.39 is 30.2 Å². The fraction of sp³-hybridized carbons (Fsp3) is 0.286. The minimum absolute atomic E-state index is 0.0806. The van der Waals surface area contributed by atoms with E-state index in [1.807, 2.05) is 17.3 Å². The van der Waals surface area contributed by atoms with Gasteiger partial charge in [0.15, 0.2) is 0 Å². The van der Waals surface area contributed by atoms with E-state index in [2.05, 4.69) is 10.4 Å². The standard InChI is InChI=1S/C14H12F3N5O2/c1-7-2-4-8(5-3-7)9-6-10(14(15,16)17)18-12(23)11(9)22-13(24)19-20-21-22/h2-5,10H,6H2,1H3,(H,18,23)(H,19,21,24). The number of H-pyrrole nitrogens is 1. The van der Waals surface area contributed by atoms with Gasteiger partial charge < -0.3 is 5.32 Å². The molecule has 1 aromatic heterocycles. The third kappa shape index (κ3) is 2.82. The van der Waals surface area contributed by atoms with Crippen LogP contribution in [0.5, 0.6) is 0 Å². The molecule has 0 radical (unpaired) electrons. The van der Waals surface area contributed by atoms with Gasteiger partial charge in [0.25, 0.3) is 5.91 Å². The molecule has 7 nitrogen and oxygen atoms in total. The number of nitrogens with one attached hydrogen (secondary N) is 2. The van der Waals surface area contributed by atoms with E-state index in [1.54, 1.807) is 24.3 Å². The average Bonchev–Trinajstić information content (AvgIpc) is 2.92. The minimum Gasteiger partial charge on any atom is -0.339 e. The van der Waals surface area contributed by atoms with E-state index in [1.165, 1.54) is 0 Å². The Balaban J connectivity index is 2.20. The molecule has 0 spiro atoms. The van der Waals surface area contributed by atoms with Crippen molar-refractivity contribution in [3.63, 3.8) is 0 Å². The van der Waals surface area contributed by atoms with Crippen molar-refractivity contribution in [1.82, 2.24) is 25.5 Å². The van der Waals surface area contributed by atoms with Crippen LogP contribution >= 0.6 is 0 Å². The van der Waals surface area contributed by atoms with Gasteiger partial charge in [-0.2, -0.15) is 17.9 Å². The van der Waals surface area contributed by atoms with Gasteiger partial charge in [-0.3, -0.25) is 4.79 Å². The zero-order valence-corrected chi connectivity index (χ0v) is 12.4. The third-order valence-corrected chi connectivity index (χ3v) is 3.69. The maximum atomic E-state index is 13.1. The van der Waals surface area contributed by atoms with Crippen LogP contribution in [0.15, 0.2) is 29.1 Å². The molecule has 24 heavy (non-hydrogen) atoms. The number of halogens is 3. The normalized spacial score (nSPS) is 18.7. The molecule has 1 atom stereocenters. The second kappa shape index (κ2) is 5.62. The van der Waals surface area contributed by atoms with E-state index in [-0.39, 0.29) is 11.3 Å². The number of hydrogen-bond acceptors (Lipinski definition) is 4. The summed E-state index contributed by atoms with van der Waals surface area (Å²) in [6, 6.07) is 4.58. The van der Waals surface area contributed by atoms with Gasteiger partial charge in [-0.1, -0.05) is 29.8 Å². The highest BCUT2D eigenvalue weighted by Crippen LogP contribution is 2.35. The van der Waals surface area contributed by atoms with Crippen LogP contribution in [0.25, 0.3) is 11.3 Å². The Hall–Kier alpha value is -2.91. The van der Waals surface area contributed by atoms with Gasteiger partial charge in [-0.25, -0.2) is 9.89 Å². The molecule has 1 aromatic carbocycles. The highest BCUT2D eigenvalue weighted by atomic mass is 19.4. The highest BCUT2D eigenvalue weighted by Gasteiger charge is 2.45. The fourth-order valence-corrected chi connectivity index (χ4v) is 2.49. The van der Waals surface area contributed by atoms with Gasteiger partial charge in [0.1, 0.15) is 11.7 Å². The van der Waals surface area contributed by atoms with Crippen molar-refractivity contribution >= 4 is 17.2 Å². The second-order valence-corrected chi connectivity index (χ2v) is 5.38. The second-order valence-electron chi connectivity index (χ2n) is 5.38. The average molecular weight is 339 g/mol. The van der Waals surface area contributed by atoms with Crippen molar-refractivity contribution in [2.75, 3.05) is 0 Å². The van der Waals surface area contributed by atoms with Crippen molar-refractivity contribution in [2.45, 2.75) is 25.6 Å². The molecule has 2 aromatic rings. The van der Waals surface area contributed by atoms with Gasteiger partial charge in [0.05, 0.1) is 0 Å². The number of aromatic nitrogens is 4. The van der Waals surface area contributed by atoms with Crippen LogP contribution < -0.4 is 11.0 Å². The number of carbonyl (C=O) groups excluding carboxylic acids is 1. The molecule has 3 rings (SSSR count). The Bertz CT molecular complexity index is 864. The van der Waals surface area contributed by atoms with Crippen LogP contribution in [0.1, 0.15) is 17.5 Å². The summed E-state index contributed by atoms with van der Waals surface area (Å²) in [7, 11) is 0. The first-order valence-electron chi connectivity index (χ1n) is 6.96. The van der Waals surface area contributed by atoms with Crippen molar-refractivity contribution in [3.8, 4) is 0 Å². The summed E-state index contributed by atoms with van der Waals surface area (Å²) in [5.41, 5.74) is 0.326. The molecule has 0 fully saturated rings. The van der Waals surface area contributed by atoms with E-state index in [9.17, 15) is 22.8 Å². The molecular weight excluding hydrogens is 327 g/mol. The molecular formula is C14H12F3N5O2. The van der Waals surface area contributed by atoms with Gasteiger partial charge in [-0.05, 0) is 28.5 Å². The summed E-state index contributed by atoms with van der Waals surface area (Å²) in [5, 5.41) is 10.6. The van der Waals surface area contributed by atoms with Crippen LogP contribution in [0.2, 0.25) is 0 Å². The molecule has 1 unspecified atom stereocenters. The van der Waals surface area contributed by atoms with Crippen LogP contribution in [0, 0.1) is 6.92 Å². The topological polar surface area (TPSA) is 92.7 Å². The zero-order chi connectivity index (χ0) is 17.5. The molecule has 126 valence electrons. The maximum absolute atomic E-state index is 13.1. The Morgan fingerprint density at radius 1 is 1.21 bits per heavy atom. The lowest BCUT2D eigenvalue weighted by Gasteiger charge is -2.29. The molecule has 0 bridgehead atoms. The number of carbonyl (C=O) groups is 1. The zero-order valence-electron chi connectivity index (χ0n) is 12.4. The summed E-state index contributed by atoms with van der Waals surface area (Å²) in [4.78, 5) is 24.0. The Kier molecular flexibility index (Phi) is 3.74. The first kappa shape index (κ1) is 16.0. The maximum Gasteiger partial charge on any atom is 0.408 e. The monoisotopic (exact) mass is 339 g/mol. The van der Waals surface area contributed by atoms with Gasteiger partial charge >= 0.3 is 11.9 Å². The third-order valence-electron chi connectivity index (χ3n) is 3.69. The molecule has 0 saturated heterocycles. The van der Waals surface area contributed by atoms with Crippen molar-refractivity contribution in [3.05, 3.63) is 45.9 Å². The molecule has 2 heterocycles. The summed E-state index contributed by atoms with van der Waals surface area (Å²) >= 11 is 0. The number of hydrogen-bond donors (Lipinski definition) is 2. The molecule has 0 aliphatic carbocycles. The number of nitrogens with zero attached hydrogens (tertiary/aromatic N) is 3.